The summed E-state index contributed by atoms with van der Waals surface area (Å²) < 4.78 is 5.72. The molecule has 0 radical (unpaired) electrons. The Balaban J connectivity index is 1.74. The van der Waals surface area contributed by atoms with Crippen LogP contribution in [-0.4, -0.2) is 18.7 Å². The molecule has 0 unspecified atom stereocenters. The first-order valence-corrected chi connectivity index (χ1v) is 9.90. The lowest BCUT2D eigenvalue weighted by molar-refractivity contribution is -0.122. The van der Waals surface area contributed by atoms with E-state index in [4.69, 9.17) is 4.74 Å². The summed E-state index contributed by atoms with van der Waals surface area (Å²) in [6, 6.07) is 0. The Morgan fingerprint density at radius 2 is 1.92 bits per heavy atom. The Labute approximate surface area is 150 Å². The quantitative estimate of drug-likeness (QED) is 0.743. The highest BCUT2D eigenvalue weighted by Crippen LogP contribution is 2.66. The van der Waals surface area contributed by atoms with Crippen LogP contribution in [-0.2, 0) is 14.3 Å². The zero-order chi connectivity index (χ0) is 18.0. The van der Waals surface area contributed by atoms with Crippen LogP contribution in [0, 0.1) is 34.5 Å². The second-order valence-electron chi connectivity index (χ2n) is 9.08. The summed E-state index contributed by atoms with van der Waals surface area (Å²) in [6.07, 6.45) is 9.60. The fraction of sp³-hybridized carbons (Fsp3) is 0.727. The minimum atomic E-state index is -0.166. The van der Waals surface area contributed by atoms with Gasteiger partial charge in [0.05, 0.1) is 7.11 Å². The van der Waals surface area contributed by atoms with Gasteiger partial charge in [0.25, 0.3) is 0 Å². The van der Waals surface area contributed by atoms with Gasteiger partial charge in [0.15, 0.2) is 5.78 Å². The molecule has 0 aromatic carbocycles. The zero-order valence-corrected chi connectivity index (χ0v) is 15.9. The van der Waals surface area contributed by atoms with Gasteiger partial charge in [-0.05, 0) is 68.3 Å². The Hall–Kier alpha value is -1.38. The van der Waals surface area contributed by atoms with Crippen LogP contribution in [0.15, 0.2) is 23.5 Å². The van der Waals surface area contributed by atoms with Gasteiger partial charge in [0.2, 0.25) is 0 Å². The van der Waals surface area contributed by atoms with Gasteiger partial charge in [-0.3, -0.25) is 9.59 Å². The van der Waals surface area contributed by atoms with Crippen LogP contribution in [0.1, 0.15) is 59.3 Å². The number of allylic oxidation sites excluding steroid dienone is 3. The average molecular weight is 342 g/mol. The summed E-state index contributed by atoms with van der Waals surface area (Å²) in [7, 11) is 1.69. The first-order chi connectivity index (χ1) is 11.9. The molecule has 4 aliphatic carbocycles. The number of hydrogen-bond acceptors (Lipinski definition) is 3. The number of ketones is 2. The molecule has 0 saturated heterocycles. The molecule has 0 spiro atoms. The normalized spacial score (nSPS) is 45.9. The smallest absolute Gasteiger partial charge is 0.182 e. The van der Waals surface area contributed by atoms with Gasteiger partial charge in [-0.1, -0.05) is 19.4 Å². The van der Waals surface area contributed by atoms with Crippen molar-refractivity contribution in [1.82, 2.24) is 0 Å². The Morgan fingerprint density at radius 1 is 1.16 bits per heavy atom. The first-order valence-electron chi connectivity index (χ1n) is 9.90. The van der Waals surface area contributed by atoms with E-state index in [-0.39, 0.29) is 22.5 Å². The molecule has 3 heteroatoms. The first kappa shape index (κ1) is 17.1. The van der Waals surface area contributed by atoms with Gasteiger partial charge in [-0.25, -0.2) is 0 Å². The SMILES string of the molecule is CC[C@H]1C(=O)C[C@H]2[C@@H]3CCC4=CC(=O)C=C(OC)[C@]4(C)[C@H]3CC[C@]12C. The van der Waals surface area contributed by atoms with Crippen molar-refractivity contribution in [2.24, 2.45) is 34.5 Å². The van der Waals surface area contributed by atoms with Gasteiger partial charge in [-0.2, -0.15) is 0 Å². The third kappa shape index (κ3) is 2.10. The molecule has 4 aliphatic rings. The largest absolute Gasteiger partial charge is 0.500 e. The van der Waals surface area contributed by atoms with Crippen molar-refractivity contribution in [3.05, 3.63) is 23.5 Å². The van der Waals surface area contributed by atoms with E-state index < -0.39 is 0 Å². The number of rotatable bonds is 2. The summed E-state index contributed by atoms with van der Waals surface area (Å²) in [4.78, 5) is 24.8. The summed E-state index contributed by atoms with van der Waals surface area (Å²) >= 11 is 0. The van der Waals surface area contributed by atoms with Crippen LogP contribution >= 0.6 is 0 Å². The minimum Gasteiger partial charge on any atom is -0.500 e. The van der Waals surface area contributed by atoms with E-state index in [2.05, 4.69) is 20.8 Å². The molecule has 3 nitrogen and oxygen atoms in total. The van der Waals surface area contributed by atoms with Gasteiger partial charge in [0, 0.05) is 23.8 Å². The molecular formula is C22H30O3. The van der Waals surface area contributed by atoms with Crippen LogP contribution in [0.2, 0.25) is 0 Å². The molecule has 0 N–H and O–H groups in total. The molecule has 0 aromatic heterocycles. The number of fused-ring (bicyclic) bond motifs is 5. The molecule has 0 bridgehead atoms. The van der Waals surface area contributed by atoms with Crippen molar-refractivity contribution in [3.8, 4) is 0 Å². The number of ether oxygens (including phenoxy) is 1. The Morgan fingerprint density at radius 3 is 2.60 bits per heavy atom. The number of methoxy groups -OCH3 is 1. The molecule has 0 aromatic rings. The van der Waals surface area contributed by atoms with E-state index in [1.54, 1.807) is 13.2 Å². The summed E-state index contributed by atoms with van der Waals surface area (Å²) in [5.41, 5.74) is 1.25. The van der Waals surface area contributed by atoms with E-state index in [0.29, 0.717) is 23.5 Å². The highest BCUT2D eigenvalue weighted by atomic mass is 16.5. The predicted octanol–water partition coefficient (Wildman–Crippen LogP) is 4.47. The average Bonchev–Trinajstić information content (AvgIpc) is 2.84. The van der Waals surface area contributed by atoms with Gasteiger partial charge in [-0.15, -0.1) is 0 Å². The third-order valence-electron chi connectivity index (χ3n) is 8.37. The van der Waals surface area contributed by atoms with Crippen LogP contribution in [0.3, 0.4) is 0 Å². The molecule has 0 aliphatic heterocycles. The molecule has 4 rings (SSSR count). The van der Waals surface area contributed by atoms with Crippen molar-refractivity contribution in [2.45, 2.75) is 59.3 Å². The highest BCUT2D eigenvalue weighted by Gasteiger charge is 2.61. The van der Waals surface area contributed by atoms with Crippen LogP contribution in [0.25, 0.3) is 0 Å². The van der Waals surface area contributed by atoms with Crippen molar-refractivity contribution in [2.75, 3.05) is 7.11 Å². The lowest BCUT2D eigenvalue weighted by Gasteiger charge is -2.57. The number of carbonyl (C=O) groups excluding carboxylic acids is 2. The molecule has 6 atom stereocenters. The molecule has 0 amide bonds. The maximum Gasteiger partial charge on any atom is 0.182 e. The maximum absolute atomic E-state index is 12.7. The van der Waals surface area contributed by atoms with Gasteiger partial charge < -0.3 is 4.74 Å². The third-order valence-corrected chi connectivity index (χ3v) is 8.37. The van der Waals surface area contributed by atoms with E-state index in [0.717, 1.165) is 44.3 Å². The molecule has 3 saturated carbocycles. The standard InChI is InChI=1S/C22H30O3/c1-5-16-19(24)12-18-15-7-6-13-10-14(23)11-20(25-4)22(13,3)17(15)8-9-21(16,18)2/h10-11,15-18H,5-9,12H2,1-4H3/t15-,16+,17+,18+,21-,22+/m1/s1. The number of hydrogen-bond donors (Lipinski definition) is 0. The predicted molar refractivity (Wildman–Crippen MR) is 96.7 cm³/mol. The molecule has 0 heterocycles. The second-order valence-corrected chi connectivity index (χ2v) is 9.08. The fourth-order valence-corrected chi connectivity index (χ4v) is 7.14. The summed E-state index contributed by atoms with van der Waals surface area (Å²) in [6.45, 7) is 6.82. The summed E-state index contributed by atoms with van der Waals surface area (Å²) in [5, 5.41) is 0. The molecule has 25 heavy (non-hydrogen) atoms. The zero-order valence-electron chi connectivity index (χ0n) is 15.9. The van der Waals surface area contributed by atoms with E-state index >= 15 is 0 Å². The van der Waals surface area contributed by atoms with E-state index in [1.807, 2.05) is 6.08 Å². The van der Waals surface area contributed by atoms with E-state index in [1.165, 1.54) is 5.57 Å². The molecule has 136 valence electrons. The van der Waals surface area contributed by atoms with Gasteiger partial charge in [0.1, 0.15) is 11.5 Å². The van der Waals surface area contributed by atoms with E-state index in [9.17, 15) is 9.59 Å². The topological polar surface area (TPSA) is 43.4 Å². The second kappa shape index (κ2) is 5.56. The highest BCUT2D eigenvalue weighted by molar-refractivity contribution is 6.01. The number of Topliss-reactive ketones (excluding diaryl/α,β-unsaturated/α-hetero) is 1. The summed E-state index contributed by atoms with van der Waals surface area (Å²) in [5.74, 6) is 3.17. The Kier molecular flexibility index (Phi) is 3.79. The molecule has 3 fully saturated rings. The maximum atomic E-state index is 12.7. The monoisotopic (exact) mass is 342 g/mol. The minimum absolute atomic E-state index is 0.0607. The van der Waals surface area contributed by atoms with Crippen molar-refractivity contribution < 1.29 is 14.3 Å². The lowest BCUT2D eigenvalue weighted by Crippen LogP contribution is -2.51. The Bertz CT molecular complexity index is 669. The van der Waals surface area contributed by atoms with Crippen LogP contribution < -0.4 is 0 Å². The number of carbonyl (C=O) groups is 2. The van der Waals surface area contributed by atoms with Crippen molar-refractivity contribution >= 4 is 11.6 Å². The van der Waals surface area contributed by atoms with Crippen LogP contribution in [0.5, 0.6) is 0 Å². The van der Waals surface area contributed by atoms with Crippen molar-refractivity contribution in [3.63, 3.8) is 0 Å². The fourth-order valence-electron chi connectivity index (χ4n) is 7.14. The van der Waals surface area contributed by atoms with Crippen LogP contribution in [0.4, 0.5) is 0 Å². The molecular weight excluding hydrogens is 312 g/mol. The van der Waals surface area contributed by atoms with Crippen molar-refractivity contribution in [1.29, 1.82) is 0 Å². The van der Waals surface area contributed by atoms with Gasteiger partial charge >= 0.3 is 0 Å². The lowest BCUT2D eigenvalue weighted by atomic mass is 9.47.